The standard InChI is InChI=1S/C14H11ClO2/c15-13-9-5-4-8-12(13)10-17-14(16)11-6-2-1-3-7-11/h1-9H,10H2. The Morgan fingerprint density at radius 1 is 1.00 bits per heavy atom. The lowest BCUT2D eigenvalue weighted by Gasteiger charge is -2.06. The molecule has 0 spiro atoms. The third-order valence-electron chi connectivity index (χ3n) is 2.33. The van der Waals surface area contributed by atoms with Crippen molar-refractivity contribution in [2.45, 2.75) is 6.61 Å². The first-order chi connectivity index (χ1) is 8.27. The Kier molecular flexibility index (Phi) is 3.78. The van der Waals surface area contributed by atoms with E-state index in [1.807, 2.05) is 24.3 Å². The molecule has 0 atom stereocenters. The number of rotatable bonds is 3. The first-order valence-electron chi connectivity index (χ1n) is 5.23. The molecular weight excluding hydrogens is 236 g/mol. The summed E-state index contributed by atoms with van der Waals surface area (Å²) in [4.78, 5) is 11.7. The lowest BCUT2D eigenvalue weighted by molar-refractivity contribution is 0.0473. The maximum absolute atomic E-state index is 11.7. The predicted molar refractivity (Wildman–Crippen MR) is 67.0 cm³/mol. The van der Waals surface area contributed by atoms with Gasteiger partial charge in [-0.2, -0.15) is 0 Å². The summed E-state index contributed by atoms with van der Waals surface area (Å²) in [5.74, 6) is -0.342. The summed E-state index contributed by atoms with van der Waals surface area (Å²) in [6.45, 7) is 0.188. The molecule has 0 aliphatic carbocycles. The maximum atomic E-state index is 11.7. The minimum Gasteiger partial charge on any atom is -0.457 e. The highest BCUT2D eigenvalue weighted by Gasteiger charge is 2.07. The van der Waals surface area contributed by atoms with Crippen molar-refractivity contribution in [3.05, 3.63) is 70.7 Å². The minimum atomic E-state index is -0.342. The molecule has 0 unspecified atom stereocenters. The number of benzene rings is 2. The number of hydrogen-bond donors (Lipinski definition) is 0. The summed E-state index contributed by atoms with van der Waals surface area (Å²) in [5.41, 5.74) is 1.35. The van der Waals surface area contributed by atoms with Crippen LogP contribution in [0.1, 0.15) is 15.9 Å². The zero-order valence-corrected chi connectivity index (χ0v) is 9.85. The Labute approximate surface area is 105 Å². The van der Waals surface area contributed by atoms with Crippen LogP contribution in [-0.2, 0) is 11.3 Å². The molecule has 86 valence electrons. The molecule has 0 N–H and O–H groups in total. The topological polar surface area (TPSA) is 26.3 Å². The van der Waals surface area contributed by atoms with Crippen LogP contribution in [0.15, 0.2) is 54.6 Å². The van der Waals surface area contributed by atoms with Crippen molar-refractivity contribution >= 4 is 17.6 Å². The molecule has 2 aromatic rings. The van der Waals surface area contributed by atoms with Gasteiger partial charge in [0.05, 0.1) is 5.56 Å². The van der Waals surface area contributed by atoms with Crippen LogP contribution in [0.2, 0.25) is 5.02 Å². The van der Waals surface area contributed by atoms with Crippen LogP contribution in [-0.4, -0.2) is 5.97 Å². The van der Waals surface area contributed by atoms with Crippen molar-refractivity contribution in [2.75, 3.05) is 0 Å². The second-order valence-electron chi connectivity index (χ2n) is 3.53. The smallest absolute Gasteiger partial charge is 0.338 e. The second-order valence-corrected chi connectivity index (χ2v) is 3.94. The van der Waals surface area contributed by atoms with Gasteiger partial charge in [-0.15, -0.1) is 0 Å². The quantitative estimate of drug-likeness (QED) is 0.772. The summed E-state index contributed by atoms with van der Waals surface area (Å²) < 4.78 is 5.17. The number of esters is 1. The Morgan fingerprint density at radius 2 is 1.65 bits per heavy atom. The molecule has 0 aromatic heterocycles. The maximum Gasteiger partial charge on any atom is 0.338 e. The Bertz CT molecular complexity index is 509. The summed E-state index contributed by atoms with van der Waals surface area (Å²) >= 11 is 5.96. The van der Waals surface area contributed by atoms with E-state index in [1.54, 1.807) is 30.3 Å². The first-order valence-corrected chi connectivity index (χ1v) is 5.61. The second kappa shape index (κ2) is 5.51. The Balaban J connectivity index is 2.00. The van der Waals surface area contributed by atoms with Gasteiger partial charge in [0.15, 0.2) is 0 Å². The van der Waals surface area contributed by atoms with Gasteiger partial charge in [-0.25, -0.2) is 4.79 Å². The van der Waals surface area contributed by atoms with Crippen LogP contribution in [0.3, 0.4) is 0 Å². The van der Waals surface area contributed by atoms with E-state index in [1.165, 1.54) is 0 Å². The molecular formula is C14H11ClO2. The lowest BCUT2D eigenvalue weighted by atomic mass is 10.2. The van der Waals surface area contributed by atoms with Crippen molar-refractivity contribution in [3.8, 4) is 0 Å². The van der Waals surface area contributed by atoms with Gasteiger partial charge in [0.1, 0.15) is 6.61 Å². The number of carbonyl (C=O) groups is 1. The zero-order valence-electron chi connectivity index (χ0n) is 9.10. The average Bonchev–Trinajstić information content (AvgIpc) is 2.38. The van der Waals surface area contributed by atoms with E-state index in [-0.39, 0.29) is 12.6 Å². The van der Waals surface area contributed by atoms with Gasteiger partial charge in [0.25, 0.3) is 0 Å². The normalized spacial score (nSPS) is 9.94. The van der Waals surface area contributed by atoms with Gasteiger partial charge in [-0.05, 0) is 18.2 Å². The fourth-order valence-electron chi connectivity index (χ4n) is 1.42. The van der Waals surface area contributed by atoms with Crippen LogP contribution < -0.4 is 0 Å². The molecule has 0 aliphatic rings. The van der Waals surface area contributed by atoms with Gasteiger partial charge >= 0.3 is 5.97 Å². The van der Waals surface area contributed by atoms with Crippen molar-refractivity contribution in [1.82, 2.24) is 0 Å². The third kappa shape index (κ3) is 3.08. The molecule has 17 heavy (non-hydrogen) atoms. The van der Waals surface area contributed by atoms with E-state index in [2.05, 4.69) is 0 Å². The highest BCUT2D eigenvalue weighted by atomic mass is 35.5. The van der Waals surface area contributed by atoms with Crippen LogP contribution in [0.25, 0.3) is 0 Å². The van der Waals surface area contributed by atoms with Crippen LogP contribution in [0, 0.1) is 0 Å². The van der Waals surface area contributed by atoms with Crippen molar-refractivity contribution in [2.24, 2.45) is 0 Å². The molecule has 0 heterocycles. The van der Waals surface area contributed by atoms with Crippen LogP contribution in [0.4, 0.5) is 0 Å². The lowest BCUT2D eigenvalue weighted by Crippen LogP contribution is -2.05. The van der Waals surface area contributed by atoms with Crippen molar-refractivity contribution in [1.29, 1.82) is 0 Å². The number of halogens is 1. The predicted octanol–water partition coefficient (Wildman–Crippen LogP) is 3.70. The highest BCUT2D eigenvalue weighted by Crippen LogP contribution is 2.16. The molecule has 0 saturated heterocycles. The molecule has 0 saturated carbocycles. The van der Waals surface area contributed by atoms with E-state index in [0.717, 1.165) is 5.56 Å². The third-order valence-corrected chi connectivity index (χ3v) is 2.69. The SMILES string of the molecule is O=C(OCc1ccccc1Cl)c1ccccc1. The Hall–Kier alpha value is -1.80. The summed E-state index contributed by atoms with van der Waals surface area (Å²) in [7, 11) is 0. The molecule has 2 rings (SSSR count). The van der Waals surface area contributed by atoms with Crippen molar-refractivity contribution in [3.63, 3.8) is 0 Å². The van der Waals surface area contributed by atoms with Gasteiger partial charge in [0.2, 0.25) is 0 Å². The van der Waals surface area contributed by atoms with Crippen LogP contribution >= 0.6 is 11.6 Å². The molecule has 3 heteroatoms. The van der Waals surface area contributed by atoms with E-state index >= 15 is 0 Å². The van der Waals surface area contributed by atoms with Gasteiger partial charge < -0.3 is 4.74 Å². The monoisotopic (exact) mass is 246 g/mol. The minimum absolute atomic E-state index is 0.188. The first kappa shape index (κ1) is 11.7. The zero-order chi connectivity index (χ0) is 12.1. The average molecular weight is 247 g/mol. The largest absolute Gasteiger partial charge is 0.457 e. The van der Waals surface area contributed by atoms with Gasteiger partial charge in [-0.3, -0.25) is 0 Å². The molecule has 2 nitrogen and oxygen atoms in total. The number of hydrogen-bond acceptors (Lipinski definition) is 2. The number of carbonyl (C=O) groups excluding carboxylic acids is 1. The molecule has 0 radical (unpaired) electrons. The number of ether oxygens (including phenoxy) is 1. The van der Waals surface area contributed by atoms with E-state index in [4.69, 9.17) is 16.3 Å². The van der Waals surface area contributed by atoms with Gasteiger partial charge in [-0.1, -0.05) is 48.0 Å². The van der Waals surface area contributed by atoms with E-state index < -0.39 is 0 Å². The van der Waals surface area contributed by atoms with E-state index in [9.17, 15) is 4.79 Å². The van der Waals surface area contributed by atoms with Gasteiger partial charge in [0, 0.05) is 10.6 Å². The van der Waals surface area contributed by atoms with E-state index in [0.29, 0.717) is 10.6 Å². The summed E-state index contributed by atoms with van der Waals surface area (Å²) in [6, 6.07) is 16.2. The summed E-state index contributed by atoms with van der Waals surface area (Å²) in [5, 5.41) is 0.605. The van der Waals surface area contributed by atoms with Crippen molar-refractivity contribution < 1.29 is 9.53 Å². The molecule has 0 aliphatic heterocycles. The van der Waals surface area contributed by atoms with Crippen LogP contribution in [0.5, 0.6) is 0 Å². The highest BCUT2D eigenvalue weighted by molar-refractivity contribution is 6.31. The molecule has 0 amide bonds. The molecule has 0 fully saturated rings. The molecule has 2 aromatic carbocycles. The summed E-state index contributed by atoms with van der Waals surface area (Å²) in [6.07, 6.45) is 0. The molecule has 0 bridgehead atoms. The Morgan fingerprint density at radius 3 is 2.35 bits per heavy atom. The fraction of sp³-hybridized carbons (Fsp3) is 0.0714. The fourth-order valence-corrected chi connectivity index (χ4v) is 1.61.